The SMILES string of the molecule is COc1cc(C(=O)N2CCCC(N)C2)cc2nc(-c3cc4ccccc4n3CC(F)(F)F)n(C)c12. The maximum Gasteiger partial charge on any atom is 0.406 e. The number of methoxy groups -OCH3 is 1. The lowest BCUT2D eigenvalue weighted by Crippen LogP contribution is -2.45. The van der Waals surface area contributed by atoms with Crippen molar-refractivity contribution >= 4 is 27.8 Å². The zero-order chi connectivity index (χ0) is 24.9. The molecule has 184 valence electrons. The fraction of sp³-hybridized carbons (Fsp3) is 0.360. The molecule has 4 aromatic rings. The van der Waals surface area contributed by atoms with Gasteiger partial charge in [-0.15, -0.1) is 0 Å². The Morgan fingerprint density at radius 3 is 2.71 bits per heavy atom. The van der Waals surface area contributed by atoms with Crippen molar-refractivity contribution in [1.29, 1.82) is 0 Å². The molecule has 1 fully saturated rings. The minimum Gasteiger partial charge on any atom is -0.494 e. The number of fused-ring (bicyclic) bond motifs is 2. The number of hydrogen-bond donors (Lipinski definition) is 1. The van der Waals surface area contributed by atoms with Gasteiger partial charge in [-0.25, -0.2) is 4.98 Å². The number of para-hydroxylation sites is 1. The van der Waals surface area contributed by atoms with Crippen LogP contribution in [0.3, 0.4) is 0 Å². The largest absolute Gasteiger partial charge is 0.494 e. The molecule has 0 spiro atoms. The molecule has 0 bridgehead atoms. The molecule has 7 nitrogen and oxygen atoms in total. The molecule has 0 radical (unpaired) electrons. The van der Waals surface area contributed by atoms with Crippen LogP contribution < -0.4 is 10.5 Å². The van der Waals surface area contributed by atoms with Gasteiger partial charge < -0.3 is 24.5 Å². The van der Waals surface area contributed by atoms with Crippen LogP contribution in [0.2, 0.25) is 0 Å². The Bertz CT molecular complexity index is 1420. The number of aromatic nitrogens is 3. The number of likely N-dealkylation sites (tertiary alicyclic amines) is 1. The van der Waals surface area contributed by atoms with E-state index in [4.69, 9.17) is 10.5 Å². The summed E-state index contributed by atoms with van der Waals surface area (Å²) in [5, 5.41) is 0.683. The number of ether oxygens (including phenoxy) is 1. The summed E-state index contributed by atoms with van der Waals surface area (Å²) in [6.07, 6.45) is -2.70. The average molecular weight is 486 g/mol. The third kappa shape index (κ3) is 4.22. The van der Waals surface area contributed by atoms with Crippen LogP contribution in [0.25, 0.3) is 33.5 Å². The van der Waals surface area contributed by atoms with Crippen molar-refractivity contribution in [2.24, 2.45) is 12.8 Å². The van der Waals surface area contributed by atoms with Crippen LogP contribution in [0, 0.1) is 0 Å². The highest BCUT2D eigenvalue weighted by Crippen LogP contribution is 2.35. The smallest absolute Gasteiger partial charge is 0.406 e. The van der Waals surface area contributed by atoms with Crippen molar-refractivity contribution < 1.29 is 22.7 Å². The predicted molar refractivity (Wildman–Crippen MR) is 127 cm³/mol. The van der Waals surface area contributed by atoms with E-state index in [9.17, 15) is 18.0 Å². The first kappa shape index (κ1) is 23.2. The fourth-order valence-corrected chi connectivity index (χ4v) is 4.94. The lowest BCUT2D eigenvalue weighted by Gasteiger charge is -2.30. The Hall–Kier alpha value is -3.53. The molecule has 2 aromatic carbocycles. The van der Waals surface area contributed by atoms with Gasteiger partial charge in [-0.05, 0) is 37.1 Å². The number of benzene rings is 2. The number of nitrogens with zero attached hydrogens (tertiary/aromatic N) is 4. The summed E-state index contributed by atoms with van der Waals surface area (Å²) in [6.45, 7) is -0.0444. The van der Waals surface area contributed by atoms with Gasteiger partial charge in [-0.1, -0.05) is 18.2 Å². The molecule has 1 unspecified atom stereocenters. The van der Waals surface area contributed by atoms with Gasteiger partial charge in [0.05, 0.1) is 18.3 Å². The molecular weight excluding hydrogens is 459 g/mol. The highest BCUT2D eigenvalue weighted by Gasteiger charge is 2.31. The highest BCUT2D eigenvalue weighted by molar-refractivity contribution is 6.00. The van der Waals surface area contributed by atoms with E-state index in [1.54, 1.807) is 59.0 Å². The van der Waals surface area contributed by atoms with Crippen LogP contribution in [-0.2, 0) is 13.6 Å². The van der Waals surface area contributed by atoms with E-state index >= 15 is 0 Å². The Morgan fingerprint density at radius 1 is 1.23 bits per heavy atom. The number of rotatable bonds is 4. The quantitative estimate of drug-likeness (QED) is 0.467. The normalized spacial score (nSPS) is 16.9. The molecule has 1 amide bonds. The summed E-state index contributed by atoms with van der Waals surface area (Å²) >= 11 is 0. The molecule has 0 saturated carbocycles. The number of imidazole rings is 1. The van der Waals surface area contributed by atoms with Crippen molar-refractivity contribution in [2.75, 3.05) is 20.2 Å². The monoisotopic (exact) mass is 485 g/mol. The standard InChI is InChI=1S/C25H26F3N5O2/c1-31-22-18(10-16(12-21(22)35-2)24(34)32-9-5-7-17(29)13-32)30-23(31)20-11-15-6-3-4-8-19(15)33(20)14-25(26,27)28/h3-4,6,8,10-12,17H,5,7,9,13-14,29H2,1-2H3. The van der Waals surface area contributed by atoms with Crippen molar-refractivity contribution in [3.63, 3.8) is 0 Å². The summed E-state index contributed by atoms with van der Waals surface area (Å²) in [5.74, 6) is 0.606. The lowest BCUT2D eigenvalue weighted by atomic mass is 10.0. The number of aryl methyl sites for hydroxylation is 1. The second kappa shape index (κ2) is 8.60. The third-order valence-corrected chi connectivity index (χ3v) is 6.52. The van der Waals surface area contributed by atoms with E-state index in [-0.39, 0.29) is 11.9 Å². The van der Waals surface area contributed by atoms with Crippen molar-refractivity contribution in [3.8, 4) is 17.3 Å². The zero-order valence-electron chi connectivity index (χ0n) is 19.5. The molecule has 2 N–H and O–H groups in total. The van der Waals surface area contributed by atoms with Crippen LogP contribution in [0.5, 0.6) is 5.75 Å². The molecule has 10 heteroatoms. The van der Waals surface area contributed by atoms with Gasteiger partial charge in [0.1, 0.15) is 17.8 Å². The first-order valence-corrected chi connectivity index (χ1v) is 11.4. The Kier molecular flexibility index (Phi) is 5.71. The van der Waals surface area contributed by atoms with Gasteiger partial charge in [-0.3, -0.25) is 4.79 Å². The van der Waals surface area contributed by atoms with E-state index in [0.717, 1.165) is 12.8 Å². The van der Waals surface area contributed by atoms with E-state index in [1.807, 2.05) is 0 Å². The van der Waals surface area contributed by atoms with Crippen LogP contribution >= 0.6 is 0 Å². The minimum absolute atomic E-state index is 0.0599. The van der Waals surface area contributed by atoms with Gasteiger partial charge in [-0.2, -0.15) is 13.2 Å². The van der Waals surface area contributed by atoms with Crippen LogP contribution in [0.4, 0.5) is 13.2 Å². The predicted octanol–water partition coefficient (Wildman–Crippen LogP) is 4.33. The summed E-state index contributed by atoms with van der Waals surface area (Å²) in [4.78, 5) is 19.6. The second-order valence-electron chi connectivity index (χ2n) is 8.98. The number of piperidine rings is 1. The van der Waals surface area contributed by atoms with E-state index in [0.29, 0.717) is 57.9 Å². The van der Waals surface area contributed by atoms with E-state index in [2.05, 4.69) is 4.98 Å². The molecule has 1 aliphatic rings. The van der Waals surface area contributed by atoms with Gasteiger partial charge >= 0.3 is 6.18 Å². The average Bonchev–Trinajstić information content (AvgIpc) is 3.34. The molecule has 35 heavy (non-hydrogen) atoms. The van der Waals surface area contributed by atoms with Crippen molar-refractivity contribution in [2.45, 2.75) is 31.6 Å². The fourth-order valence-electron chi connectivity index (χ4n) is 4.94. The maximum absolute atomic E-state index is 13.5. The van der Waals surface area contributed by atoms with Gasteiger partial charge in [0.25, 0.3) is 5.91 Å². The first-order chi connectivity index (χ1) is 16.7. The van der Waals surface area contributed by atoms with E-state index < -0.39 is 12.7 Å². The number of carbonyl (C=O) groups excluding carboxylic acids is 1. The molecule has 1 saturated heterocycles. The molecular formula is C25H26F3N5O2. The van der Waals surface area contributed by atoms with Gasteiger partial charge in [0.2, 0.25) is 0 Å². The van der Waals surface area contributed by atoms with Crippen LogP contribution in [-0.4, -0.2) is 57.3 Å². The zero-order valence-corrected chi connectivity index (χ0v) is 19.5. The summed E-state index contributed by atoms with van der Waals surface area (Å²) < 4.78 is 49.0. The molecule has 1 aliphatic heterocycles. The van der Waals surface area contributed by atoms with Gasteiger partial charge in [0, 0.05) is 42.6 Å². The van der Waals surface area contributed by atoms with Crippen LogP contribution in [0.15, 0.2) is 42.5 Å². The molecule has 5 rings (SSSR count). The number of halogens is 3. The van der Waals surface area contributed by atoms with E-state index in [1.165, 1.54) is 11.7 Å². The number of alkyl halides is 3. The topological polar surface area (TPSA) is 78.3 Å². The molecule has 2 aromatic heterocycles. The number of nitrogens with two attached hydrogens (primary N) is 1. The Balaban J connectivity index is 1.65. The minimum atomic E-state index is -4.41. The van der Waals surface area contributed by atoms with Gasteiger partial charge in [0.15, 0.2) is 5.82 Å². The van der Waals surface area contributed by atoms with Crippen molar-refractivity contribution in [3.05, 3.63) is 48.0 Å². The highest BCUT2D eigenvalue weighted by atomic mass is 19.4. The Morgan fingerprint density at radius 2 is 2.00 bits per heavy atom. The number of hydrogen-bond acceptors (Lipinski definition) is 4. The molecule has 0 aliphatic carbocycles. The maximum atomic E-state index is 13.5. The third-order valence-electron chi connectivity index (χ3n) is 6.52. The molecule has 3 heterocycles. The summed E-state index contributed by atoms with van der Waals surface area (Å²) in [6, 6.07) is 11.9. The number of amides is 1. The molecule has 1 atom stereocenters. The Labute approximate surface area is 199 Å². The van der Waals surface area contributed by atoms with Crippen LogP contribution in [0.1, 0.15) is 23.2 Å². The second-order valence-corrected chi connectivity index (χ2v) is 8.98. The summed E-state index contributed by atoms with van der Waals surface area (Å²) in [7, 11) is 3.22. The lowest BCUT2D eigenvalue weighted by molar-refractivity contribution is -0.139. The van der Waals surface area contributed by atoms with Crippen molar-refractivity contribution in [1.82, 2.24) is 19.0 Å². The number of carbonyl (C=O) groups is 1. The first-order valence-electron chi connectivity index (χ1n) is 11.4. The summed E-state index contributed by atoms with van der Waals surface area (Å²) in [5.41, 5.74) is 8.32.